The second-order valence-corrected chi connectivity index (χ2v) is 10.9. The Labute approximate surface area is 184 Å². The van der Waals surface area contributed by atoms with Gasteiger partial charge in [-0.05, 0) is 49.3 Å². The predicted molar refractivity (Wildman–Crippen MR) is 123 cm³/mol. The number of hydrogen-bond acceptors (Lipinski definition) is 4. The fourth-order valence-corrected chi connectivity index (χ4v) is 5.67. The van der Waals surface area contributed by atoms with E-state index in [1.165, 1.54) is 9.20 Å². The number of carbonyl (C=O) groups excluding carboxylic acids is 1. The van der Waals surface area contributed by atoms with Crippen LogP contribution < -0.4 is 0 Å². The number of benzene rings is 2. The smallest absolute Gasteiger partial charge is 0.233 e. The molecule has 5 nitrogen and oxygen atoms in total. The fraction of sp³-hybridized carbons (Fsp3) is 0.435. The number of thioether (sulfide) groups is 1. The van der Waals surface area contributed by atoms with Crippen molar-refractivity contribution in [2.75, 3.05) is 32.1 Å². The van der Waals surface area contributed by atoms with Gasteiger partial charge in [-0.1, -0.05) is 42.5 Å². The van der Waals surface area contributed by atoms with Gasteiger partial charge in [-0.25, -0.2) is 12.7 Å². The maximum absolute atomic E-state index is 13.7. The summed E-state index contributed by atoms with van der Waals surface area (Å²) >= 11 is 1.69. The number of piperidine rings is 1. The van der Waals surface area contributed by atoms with Crippen LogP contribution in [0.4, 0.5) is 0 Å². The molecule has 1 amide bonds. The highest BCUT2D eigenvalue weighted by molar-refractivity contribution is 7.98. The van der Waals surface area contributed by atoms with Crippen LogP contribution in [0.5, 0.6) is 0 Å². The quantitative estimate of drug-likeness (QED) is 0.608. The molecule has 1 aliphatic rings. The largest absolute Gasteiger partial charge is 0.341 e. The van der Waals surface area contributed by atoms with Crippen molar-refractivity contribution < 1.29 is 13.2 Å². The Bertz CT molecular complexity index is 952. The van der Waals surface area contributed by atoms with Crippen LogP contribution in [0.15, 0.2) is 59.5 Å². The van der Waals surface area contributed by atoms with Crippen molar-refractivity contribution in [3.05, 3.63) is 65.7 Å². The number of hydrogen-bond donors (Lipinski definition) is 0. The summed E-state index contributed by atoms with van der Waals surface area (Å²) in [7, 11) is -1.41. The minimum Gasteiger partial charge on any atom is -0.341 e. The Kier molecular flexibility index (Phi) is 7.26. The summed E-state index contributed by atoms with van der Waals surface area (Å²) in [6, 6.07) is 18.1. The monoisotopic (exact) mass is 446 g/mol. The van der Waals surface area contributed by atoms with Crippen LogP contribution in [0.3, 0.4) is 0 Å². The average Bonchev–Trinajstić information content (AvgIpc) is 2.79. The summed E-state index contributed by atoms with van der Waals surface area (Å²) < 4.78 is 26.2. The Morgan fingerprint density at radius 3 is 2.20 bits per heavy atom. The van der Waals surface area contributed by atoms with Crippen LogP contribution in [0.2, 0.25) is 0 Å². The van der Waals surface area contributed by atoms with Gasteiger partial charge in [-0.15, -0.1) is 11.8 Å². The van der Waals surface area contributed by atoms with Crippen LogP contribution in [-0.2, 0) is 26.8 Å². The molecule has 0 unspecified atom stereocenters. The number of nitrogens with zero attached hydrogens (tertiary/aromatic N) is 2. The first-order valence-corrected chi connectivity index (χ1v) is 13.1. The van der Waals surface area contributed by atoms with E-state index in [1.54, 1.807) is 23.6 Å². The lowest BCUT2D eigenvalue weighted by atomic mass is 9.72. The van der Waals surface area contributed by atoms with E-state index in [4.69, 9.17) is 0 Å². The van der Waals surface area contributed by atoms with E-state index in [9.17, 15) is 13.2 Å². The summed E-state index contributed by atoms with van der Waals surface area (Å²) in [6.45, 7) is 2.93. The predicted octanol–water partition coefficient (Wildman–Crippen LogP) is 3.75. The maximum Gasteiger partial charge on any atom is 0.233 e. The minimum atomic E-state index is -3.25. The van der Waals surface area contributed by atoms with Gasteiger partial charge < -0.3 is 4.90 Å². The fourth-order valence-electron chi connectivity index (χ4n) is 4.15. The van der Waals surface area contributed by atoms with E-state index in [0.717, 1.165) is 11.1 Å². The number of sulfonamides is 1. The number of likely N-dealkylation sites (N-methyl/N-ethyl adjacent to an activating group) is 1. The summed E-state index contributed by atoms with van der Waals surface area (Å²) in [5.74, 6) is 0.141. The zero-order valence-electron chi connectivity index (χ0n) is 17.9. The van der Waals surface area contributed by atoms with Crippen molar-refractivity contribution in [1.82, 2.24) is 9.21 Å². The first-order chi connectivity index (χ1) is 14.3. The highest BCUT2D eigenvalue weighted by atomic mass is 32.2. The lowest BCUT2D eigenvalue weighted by Gasteiger charge is -2.42. The van der Waals surface area contributed by atoms with Crippen molar-refractivity contribution in [1.29, 1.82) is 0 Å². The van der Waals surface area contributed by atoms with E-state index in [0.29, 0.717) is 32.5 Å². The van der Waals surface area contributed by atoms with Gasteiger partial charge in [0.05, 0.1) is 11.2 Å². The van der Waals surface area contributed by atoms with Gasteiger partial charge >= 0.3 is 0 Å². The van der Waals surface area contributed by atoms with Gasteiger partial charge in [0.15, 0.2) is 0 Å². The van der Waals surface area contributed by atoms with E-state index in [1.807, 2.05) is 43.6 Å². The van der Waals surface area contributed by atoms with Crippen LogP contribution in [0.25, 0.3) is 0 Å². The number of amides is 1. The van der Waals surface area contributed by atoms with Gasteiger partial charge in [-0.2, -0.15) is 0 Å². The first kappa shape index (κ1) is 22.8. The molecule has 2 aromatic carbocycles. The molecule has 0 radical (unpaired) electrons. The van der Waals surface area contributed by atoms with Gasteiger partial charge in [0.25, 0.3) is 0 Å². The van der Waals surface area contributed by atoms with Crippen molar-refractivity contribution in [3.63, 3.8) is 0 Å². The van der Waals surface area contributed by atoms with Crippen molar-refractivity contribution in [2.45, 2.75) is 36.6 Å². The average molecular weight is 447 g/mol. The van der Waals surface area contributed by atoms with Gasteiger partial charge in [0.1, 0.15) is 0 Å². The molecule has 1 heterocycles. The molecule has 30 heavy (non-hydrogen) atoms. The summed E-state index contributed by atoms with van der Waals surface area (Å²) in [4.78, 5) is 16.7. The third-order valence-electron chi connectivity index (χ3n) is 6.00. The molecule has 1 aliphatic heterocycles. The lowest BCUT2D eigenvalue weighted by molar-refractivity contribution is -0.138. The van der Waals surface area contributed by atoms with E-state index >= 15 is 0 Å². The third kappa shape index (κ3) is 4.74. The van der Waals surface area contributed by atoms with Gasteiger partial charge in [0.2, 0.25) is 15.9 Å². The molecule has 0 atom stereocenters. The van der Waals surface area contributed by atoms with Gasteiger partial charge in [0, 0.05) is 31.6 Å². The molecule has 0 aliphatic carbocycles. The van der Waals surface area contributed by atoms with E-state index in [-0.39, 0.29) is 11.7 Å². The normalized spacial score (nSPS) is 16.9. The molecule has 0 bridgehead atoms. The second-order valence-electron chi connectivity index (χ2n) is 7.76. The number of rotatable bonds is 7. The molecule has 2 aromatic rings. The van der Waals surface area contributed by atoms with Crippen molar-refractivity contribution >= 4 is 27.7 Å². The molecule has 3 rings (SSSR count). The highest BCUT2D eigenvalue weighted by Gasteiger charge is 2.45. The van der Waals surface area contributed by atoms with E-state index in [2.05, 4.69) is 24.3 Å². The SMILES string of the molecule is CCS(=O)(=O)N1CCC(C(=O)N(C)Cc2ccc(SC)cc2)(c2ccccc2)CC1. The van der Waals surface area contributed by atoms with Crippen molar-refractivity contribution in [2.24, 2.45) is 0 Å². The van der Waals surface area contributed by atoms with Gasteiger partial charge in [-0.3, -0.25) is 4.79 Å². The second kappa shape index (κ2) is 9.54. The van der Waals surface area contributed by atoms with Crippen molar-refractivity contribution in [3.8, 4) is 0 Å². The maximum atomic E-state index is 13.7. The Hall–Kier alpha value is -1.83. The molecule has 162 valence electrons. The summed E-state index contributed by atoms with van der Waals surface area (Å²) in [6.07, 6.45) is 3.02. The topological polar surface area (TPSA) is 57.7 Å². The van der Waals surface area contributed by atoms with Crippen LogP contribution in [0.1, 0.15) is 30.9 Å². The Balaban J connectivity index is 1.84. The lowest BCUT2D eigenvalue weighted by Crippen LogP contribution is -2.53. The van der Waals surface area contributed by atoms with Crippen LogP contribution in [-0.4, -0.2) is 55.7 Å². The summed E-state index contributed by atoms with van der Waals surface area (Å²) in [5, 5.41) is 0. The van der Waals surface area contributed by atoms with Crippen LogP contribution in [0, 0.1) is 0 Å². The zero-order valence-corrected chi connectivity index (χ0v) is 19.5. The molecule has 0 aromatic heterocycles. The zero-order chi connectivity index (χ0) is 21.8. The standard InChI is InChI=1S/C23H30N2O3S2/c1-4-30(27,28)25-16-14-23(15-17-25,20-8-6-5-7-9-20)22(26)24(2)18-19-10-12-21(29-3)13-11-19/h5-13H,4,14-18H2,1-3H3. The van der Waals surface area contributed by atoms with E-state index < -0.39 is 15.4 Å². The number of carbonyl (C=O) groups is 1. The molecule has 0 saturated carbocycles. The third-order valence-corrected chi connectivity index (χ3v) is 8.62. The molecule has 0 N–H and O–H groups in total. The summed E-state index contributed by atoms with van der Waals surface area (Å²) in [5.41, 5.74) is 1.35. The first-order valence-electron chi connectivity index (χ1n) is 10.2. The highest BCUT2D eigenvalue weighted by Crippen LogP contribution is 2.38. The van der Waals surface area contributed by atoms with Crippen LogP contribution >= 0.6 is 11.8 Å². The molecule has 0 spiro atoms. The molecular weight excluding hydrogens is 416 g/mol. The molecule has 1 saturated heterocycles. The Morgan fingerprint density at radius 1 is 1.07 bits per heavy atom. The minimum absolute atomic E-state index is 0.0520. The molecule has 7 heteroatoms. The Morgan fingerprint density at radius 2 is 1.67 bits per heavy atom. The molecule has 1 fully saturated rings. The molecular formula is C23H30N2O3S2.